The fourth-order valence-corrected chi connectivity index (χ4v) is 2.96. The first-order chi connectivity index (χ1) is 9.93. The number of benzene rings is 2. The quantitative estimate of drug-likeness (QED) is 0.670. The second-order valence-corrected chi connectivity index (χ2v) is 5.55. The summed E-state index contributed by atoms with van der Waals surface area (Å²) in [7, 11) is 0. The van der Waals surface area contributed by atoms with E-state index in [0.717, 1.165) is 17.0 Å². The average molecular weight is 311 g/mol. The van der Waals surface area contributed by atoms with Gasteiger partial charge >= 0.3 is 6.18 Å². The smallest absolute Gasteiger partial charge is 0.251 e. The van der Waals surface area contributed by atoms with Gasteiger partial charge in [-0.3, -0.25) is 4.99 Å². The van der Waals surface area contributed by atoms with Gasteiger partial charge < -0.3 is 0 Å². The Morgan fingerprint density at radius 3 is 2.38 bits per heavy atom. The van der Waals surface area contributed by atoms with Crippen LogP contribution in [0.2, 0.25) is 0 Å². The minimum atomic E-state index is -4.35. The fraction of sp³-hybridized carbons (Fsp3) is 0.133. The maximum absolute atomic E-state index is 13.2. The Labute approximate surface area is 122 Å². The number of fused-ring (bicyclic) bond motifs is 1. The summed E-state index contributed by atoms with van der Waals surface area (Å²) in [5, 5.41) is 0. The third kappa shape index (κ3) is 2.95. The van der Waals surface area contributed by atoms with Gasteiger partial charge in [-0.1, -0.05) is 12.1 Å². The minimum Gasteiger partial charge on any atom is -0.251 e. The predicted molar refractivity (Wildman–Crippen MR) is 74.8 cm³/mol. The molecule has 3 rings (SSSR count). The van der Waals surface area contributed by atoms with Gasteiger partial charge in [-0.05, 0) is 29.8 Å². The van der Waals surface area contributed by atoms with Gasteiger partial charge in [0.2, 0.25) is 0 Å². The standard InChI is InChI=1S/C15H9F4NS/c16-11-5-6-14-12(7-11)20-13(8-21-14)9-1-3-10(4-2-9)15(17,18)19/h1-7H,8H2. The molecule has 0 aliphatic carbocycles. The highest BCUT2D eigenvalue weighted by atomic mass is 32.2. The van der Waals surface area contributed by atoms with Crippen molar-refractivity contribution in [3.05, 3.63) is 59.4 Å². The number of rotatable bonds is 1. The van der Waals surface area contributed by atoms with Gasteiger partial charge in [-0.2, -0.15) is 13.2 Å². The normalized spacial score (nSPS) is 14.6. The Hall–Kier alpha value is -1.82. The summed E-state index contributed by atoms with van der Waals surface area (Å²) in [4.78, 5) is 5.21. The van der Waals surface area contributed by atoms with Crippen molar-refractivity contribution in [2.24, 2.45) is 4.99 Å². The molecule has 0 aromatic heterocycles. The van der Waals surface area contributed by atoms with Crippen molar-refractivity contribution in [1.29, 1.82) is 0 Å². The van der Waals surface area contributed by atoms with Crippen molar-refractivity contribution in [2.45, 2.75) is 11.1 Å². The molecule has 2 aromatic carbocycles. The molecule has 0 spiro atoms. The van der Waals surface area contributed by atoms with Crippen LogP contribution < -0.4 is 0 Å². The first kappa shape index (κ1) is 14.1. The van der Waals surface area contributed by atoms with Crippen molar-refractivity contribution >= 4 is 23.2 Å². The Bertz CT molecular complexity index is 705. The van der Waals surface area contributed by atoms with E-state index in [-0.39, 0.29) is 5.82 Å². The lowest BCUT2D eigenvalue weighted by Gasteiger charge is -2.15. The van der Waals surface area contributed by atoms with Gasteiger partial charge in [-0.25, -0.2) is 4.39 Å². The summed E-state index contributed by atoms with van der Waals surface area (Å²) in [6.45, 7) is 0. The Balaban J connectivity index is 1.95. The third-order valence-electron chi connectivity index (χ3n) is 3.09. The number of hydrogen-bond donors (Lipinski definition) is 0. The lowest BCUT2D eigenvalue weighted by molar-refractivity contribution is -0.137. The summed E-state index contributed by atoms with van der Waals surface area (Å²) >= 11 is 1.49. The van der Waals surface area contributed by atoms with Crippen LogP contribution in [0.3, 0.4) is 0 Å². The summed E-state index contributed by atoms with van der Waals surface area (Å²) in [5.74, 6) is 0.163. The largest absolute Gasteiger partial charge is 0.416 e. The van der Waals surface area contributed by atoms with Crippen LogP contribution in [0.4, 0.5) is 23.2 Å². The highest BCUT2D eigenvalue weighted by Gasteiger charge is 2.30. The second kappa shape index (κ2) is 5.18. The van der Waals surface area contributed by atoms with Crippen molar-refractivity contribution in [3.8, 4) is 0 Å². The molecule has 0 saturated heterocycles. The number of aliphatic imine (C=N–C) groups is 1. The summed E-state index contributed by atoms with van der Waals surface area (Å²) in [5.41, 5.74) is 1.08. The number of halogens is 4. The van der Waals surface area contributed by atoms with Gasteiger partial charge in [0.1, 0.15) is 5.82 Å². The van der Waals surface area contributed by atoms with Crippen LogP contribution >= 0.6 is 11.8 Å². The molecular formula is C15H9F4NS. The zero-order valence-corrected chi connectivity index (χ0v) is 11.4. The highest BCUT2D eigenvalue weighted by molar-refractivity contribution is 8.00. The Morgan fingerprint density at radius 1 is 1.00 bits per heavy atom. The maximum Gasteiger partial charge on any atom is 0.416 e. The van der Waals surface area contributed by atoms with Crippen molar-refractivity contribution < 1.29 is 17.6 Å². The van der Waals surface area contributed by atoms with Gasteiger partial charge in [0, 0.05) is 16.7 Å². The molecule has 2 aromatic rings. The van der Waals surface area contributed by atoms with E-state index in [0.29, 0.717) is 22.7 Å². The molecule has 0 amide bonds. The van der Waals surface area contributed by atoms with Gasteiger partial charge in [0.05, 0.1) is 17.0 Å². The third-order valence-corrected chi connectivity index (χ3v) is 4.16. The molecule has 1 aliphatic heterocycles. The predicted octanol–water partition coefficient (Wildman–Crippen LogP) is 5.07. The zero-order valence-electron chi connectivity index (χ0n) is 10.6. The number of alkyl halides is 3. The van der Waals surface area contributed by atoms with E-state index in [1.54, 1.807) is 6.07 Å². The molecule has 0 unspecified atom stereocenters. The molecule has 0 radical (unpaired) electrons. The van der Waals surface area contributed by atoms with Gasteiger partial charge in [0.15, 0.2) is 0 Å². The maximum atomic E-state index is 13.2. The van der Waals surface area contributed by atoms with E-state index < -0.39 is 11.7 Å². The van der Waals surface area contributed by atoms with E-state index in [1.165, 1.54) is 36.0 Å². The fourth-order valence-electron chi connectivity index (χ4n) is 2.02. The average Bonchev–Trinajstić information content (AvgIpc) is 2.45. The van der Waals surface area contributed by atoms with Crippen LogP contribution in [0.15, 0.2) is 52.4 Å². The SMILES string of the molecule is Fc1ccc2c(c1)N=C(c1ccc(C(F)(F)F)cc1)CS2. The van der Waals surface area contributed by atoms with E-state index in [4.69, 9.17) is 0 Å². The topological polar surface area (TPSA) is 12.4 Å². The molecule has 1 aliphatic rings. The molecule has 0 fully saturated rings. The molecule has 108 valence electrons. The van der Waals surface area contributed by atoms with Crippen LogP contribution in [0.5, 0.6) is 0 Å². The molecule has 21 heavy (non-hydrogen) atoms. The van der Waals surface area contributed by atoms with E-state index in [1.807, 2.05) is 0 Å². The molecule has 0 N–H and O–H groups in total. The highest BCUT2D eigenvalue weighted by Crippen LogP contribution is 2.36. The van der Waals surface area contributed by atoms with Crippen LogP contribution in [-0.4, -0.2) is 11.5 Å². The molecule has 1 heterocycles. The number of nitrogens with zero attached hydrogens (tertiary/aromatic N) is 1. The van der Waals surface area contributed by atoms with Crippen LogP contribution in [-0.2, 0) is 6.18 Å². The van der Waals surface area contributed by atoms with Crippen LogP contribution in [0.1, 0.15) is 11.1 Å². The Morgan fingerprint density at radius 2 is 1.71 bits per heavy atom. The molecular weight excluding hydrogens is 302 g/mol. The summed E-state index contributed by atoms with van der Waals surface area (Å²) in [6.07, 6.45) is -4.35. The van der Waals surface area contributed by atoms with Crippen molar-refractivity contribution in [1.82, 2.24) is 0 Å². The summed E-state index contributed by atoms with van der Waals surface area (Å²) in [6, 6.07) is 9.20. The first-order valence-corrected chi connectivity index (χ1v) is 7.09. The van der Waals surface area contributed by atoms with Gasteiger partial charge in [-0.15, -0.1) is 11.8 Å². The molecule has 0 bridgehead atoms. The number of thioether (sulfide) groups is 1. The lowest BCUT2D eigenvalue weighted by Crippen LogP contribution is -2.09. The zero-order chi connectivity index (χ0) is 15.0. The molecule has 0 atom stereocenters. The molecule has 0 saturated carbocycles. The molecule has 6 heteroatoms. The minimum absolute atomic E-state index is 0.383. The van der Waals surface area contributed by atoms with Crippen LogP contribution in [0.25, 0.3) is 0 Å². The summed E-state index contributed by atoms with van der Waals surface area (Å²) < 4.78 is 50.8. The molecule has 1 nitrogen and oxygen atoms in total. The van der Waals surface area contributed by atoms with Crippen molar-refractivity contribution in [3.63, 3.8) is 0 Å². The van der Waals surface area contributed by atoms with E-state index >= 15 is 0 Å². The Kier molecular flexibility index (Phi) is 3.49. The monoisotopic (exact) mass is 311 g/mol. The lowest BCUT2D eigenvalue weighted by atomic mass is 10.1. The van der Waals surface area contributed by atoms with Crippen molar-refractivity contribution in [2.75, 3.05) is 5.75 Å². The van der Waals surface area contributed by atoms with Gasteiger partial charge in [0.25, 0.3) is 0 Å². The first-order valence-electron chi connectivity index (χ1n) is 6.11. The van der Waals surface area contributed by atoms with E-state index in [2.05, 4.69) is 4.99 Å². The van der Waals surface area contributed by atoms with E-state index in [9.17, 15) is 17.6 Å². The second-order valence-electron chi connectivity index (χ2n) is 4.53. The van der Waals surface area contributed by atoms with Crippen LogP contribution in [0, 0.1) is 5.82 Å². The number of hydrogen-bond acceptors (Lipinski definition) is 2.